The predicted molar refractivity (Wildman–Crippen MR) is 83.2 cm³/mol. The van der Waals surface area contributed by atoms with Crippen molar-refractivity contribution in [1.29, 1.82) is 0 Å². The van der Waals surface area contributed by atoms with Crippen LogP contribution in [0.25, 0.3) is 10.9 Å². The standard InChI is InChI=1S/C15H20ClN3O/c1-9(2)6-7-17-10(3)14-18-13-8-11(16)4-5-12(13)15(20)19-14/h4-5,8-10,17H,6-7H2,1-3H3,(H,18,19,20). The lowest BCUT2D eigenvalue weighted by Gasteiger charge is -2.14. The minimum Gasteiger partial charge on any atom is -0.309 e. The highest BCUT2D eigenvalue weighted by Gasteiger charge is 2.10. The largest absolute Gasteiger partial charge is 0.309 e. The lowest BCUT2D eigenvalue weighted by atomic mass is 10.1. The van der Waals surface area contributed by atoms with Gasteiger partial charge in [0.15, 0.2) is 0 Å². The third kappa shape index (κ3) is 3.58. The molecule has 1 aromatic heterocycles. The molecule has 1 unspecified atom stereocenters. The summed E-state index contributed by atoms with van der Waals surface area (Å²) in [5.41, 5.74) is 0.507. The van der Waals surface area contributed by atoms with Gasteiger partial charge in [-0.2, -0.15) is 0 Å². The molecule has 0 aliphatic carbocycles. The molecule has 0 fully saturated rings. The fourth-order valence-electron chi connectivity index (χ4n) is 2.02. The summed E-state index contributed by atoms with van der Waals surface area (Å²) in [5.74, 6) is 1.30. The van der Waals surface area contributed by atoms with Gasteiger partial charge >= 0.3 is 0 Å². The smallest absolute Gasteiger partial charge is 0.258 e. The molecule has 0 saturated heterocycles. The summed E-state index contributed by atoms with van der Waals surface area (Å²) in [6.45, 7) is 7.26. The summed E-state index contributed by atoms with van der Waals surface area (Å²) in [4.78, 5) is 19.4. The second-order valence-electron chi connectivity index (χ2n) is 5.47. The number of nitrogens with one attached hydrogen (secondary N) is 2. The van der Waals surface area contributed by atoms with Crippen molar-refractivity contribution in [2.75, 3.05) is 6.54 Å². The average molecular weight is 294 g/mol. The van der Waals surface area contributed by atoms with E-state index in [-0.39, 0.29) is 11.6 Å². The first kappa shape index (κ1) is 15.0. The Morgan fingerprint density at radius 2 is 2.10 bits per heavy atom. The second-order valence-corrected chi connectivity index (χ2v) is 5.91. The number of halogens is 1. The van der Waals surface area contributed by atoms with Gasteiger partial charge in [-0.1, -0.05) is 25.4 Å². The number of aromatic nitrogens is 2. The number of benzene rings is 1. The van der Waals surface area contributed by atoms with Gasteiger partial charge < -0.3 is 10.3 Å². The summed E-state index contributed by atoms with van der Waals surface area (Å²) in [6, 6.07) is 5.12. The molecule has 0 radical (unpaired) electrons. The number of fused-ring (bicyclic) bond motifs is 1. The summed E-state index contributed by atoms with van der Waals surface area (Å²) in [6.07, 6.45) is 1.09. The van der Waals surface area contributed by atoms with Crippen LogP contribution >= 0.6 is 11.6 Å². The first-order valence-corrected chi connectivity index (χ1v) is 7.28. The van der Waals surface area contributed by atoms with Crippen molar-refractivity contribution in [2.45, 2.75) is 33.2 Å². The molecule has 108 valence electrons. The van der Waals surface area contributed by atoms with Crippen molar-refractivity contribution in [2.24, 2.45) is 5.92 Å². The maximum atomic E-state index is 12.0. The number of H-pyrrole nitrogens is 1. The van der Waals surface area contributed by atoms with Crippen molar-refractivity contribution in [3.63, 3.8) is 0 Å². The SMILES string of the molecule is CC(C)CCNC(C)c1nc2cc(Cl)ccc2c(=O)[nH]1. The zero-order valence-corrected chi connectivity index (χ0v) is 12.8. The summed E-state index contributed by atoms with van der Waals surface area (Å²) in [5, 5.41) is 4.52. The number of aromatic amines is 1. The van der Waals surface area contributed by atoms with E-state index < -0.39 is 0 Å². The van der Waals surface area contributed by atoms with E-state index >= 15 is 0 Å². The zero-order chi connectivity index (χ0) is 14.7. The van der Waals surface area contributed by atoms with E-state index in [0.29, 0.717) is 27.7 Å². The van der Waals surface area contributed by atoms with Crippen LogP contribution in [0.15, 0.2) is 23.0 Å². The number of hydrogen-bond donors (Lipinski definition) is 2. The van der Waals surface area contributed by atoms with Gasteiger partial charge in [0.1, 0.15) is 5.82 Å². The fourth-order valence-corrected chi connectivity index (χ4v) is 2.19. The minimum atomic E-state index is -0.126. The van der Waals surface area contributed by atoms with E-state index in [4.69, 9.17) is 11.6 Å². The Bertz CT molecular complexity index is 651. The Labute approximate surface area is 123 Å². The van der Waals surface area contributed by atoms with Crippen LogP contribution in [0, 0.1) is 5.92 Å². The van der Waals surface area contributed by atoms with Gasteiger partial charge in [-0.15, -0.1) is 0 Å². The molecule has 0 saturated carbocycles. The van der Waals surface area contributed by atoms with E-state index in [2.05, 4.69) is 29.1 Å². The summed E-state index contributed by atoms with van der Waals surface area (Å²) >= 11 is 5.95. The van der Waals surface area contributed by atoms with Crippen LogP contribution in [-0.2, 0) is 0 Å². The van der Waals surface area contributed by atoms with E-state index in [1.165, 1.54) is 0 Å². The Balaban J connectivity index is 2.24. The van der Waals surface area contributed by atoms with Crippen molar-refractivity contribution in [3.8, 4) is 0 Å². The Kier molecular flexibility index (Phi) is 4.78. The quantitative estimate of drug-likeness (QED) is 0.889. The lowest BCUT2D eigenvalue weighted by Crippen LogP contribution is -2.25. The third-order valence-corrected chi connectivity index (χ3v) is 3.50. The third-order valence-electron chi connectivity index (χ3n) is 3.27. The minimum absolute atomic E-state index is 0.00447. The van der Waals surface area contributed by atoms with Crippen LogP contribution in [0.2, 0.25) is 5.02 Å². The van der Waals surface area contributed by atoms with Gasteiger partial charge in [0.05, 0.1) is 16.9 Å². The van der Waals surface area contributed by atoms with Crippen molar-refractivity contribution in [1.82, 2.24) is 15.3 Å². The molecule has 0 aliphatic rings. The molecule has 5 heteroatoms. The van der Waals surface area contributed by atoms with Crippen molar-refractivity contribution in [3.05, 3.63) is 39.4 Å². The number of hydrogen-bond acceptors (Lipinski definition) is 3. The van der Waals surface area contributed by atoms with Gasteiger partial charge in [0.2, 0.25) is 0 Å². The molecular weight excluding hydrogens is 274 g/mol. The molecule has 2 aromatic rings. The molecule has 0 aliphatic heterocycles. The molecule has 0 amide bonds. The van der Waals surface area contributed by atoms with E-state index in [0.717, 1.165) is 13.0 Å². The van der Waals surface area contributed by atoms with Crippen LogP contribution in [-0.4, -0.2) is 16.5 Å². The van der Waals surface area contributed by atoms with E-state index in [9.17, 15) is 4.79 Å². The van der Waals surface area contributed by atoms with Crippen LogP contribution in [0.3, 0.4) is 0 Å². The molecule has 2 N–H and O–H groups in total. The first-order chi connectivity index (χ1) is 9.47. The molecule has 1 aromatic carbocycles. The Morgan fingerprint density at radius 1 is 1.35 bits per heavy atom. The first-order valence-electron chi connectivity index (χ1n) is 6.90. The molecule has 2 rings (SSSR count). The highest BCUT2D eigenvalue weighted by Crippen LogP contribution is 2.16. The summed E-state index contributed by atoms with van der Waals surface area (Å²) < 4.78 is 0. The van der Waals surface area contributed by atoms with Crippen LogP contribution in [0.4, 0.5) is 0 Å². The van der Waals surface area contributed by atoms with Gasteiger partial charge in [0.25, 0.3) is 5.56 Å². The predicted octanol–water partition coefficient (Wildman–Crippen LogP) is 3.27. The van der Waals surface area contributed by atoms with Gasteiger partial charge in [-0.3, -0.25) is 4.79 Å². The highest BCUT2D eigenvalue weighted by molar-refractivity contribution is 6.31. The van der Waals surface area contributed by atoms with Crippen molar-refractivity contribution < 1.29 is 0 Å². The maximum absolute atomic E-state index is 12.0. The monoisotopic (exact) mass is 293 g/mol. The average Bonchev–Trinajstić information content (AvgIpc) is 2.37. The Morgan fingerprint density at radius 3 is 2.80 bits per heavy atom. The molecular formula is C15H20ClN3O. The normalized spacial score (nSPS) is 13.1. The van der Waals surface area contributed by atoms with Crippen molar-refractivity contribution >= 4 is 22.5 Å². The highest BCUT2D eigenvalue weighted by atomic mass is 35.5. The molecule has 1 heterocycles. The Hall–Kier alpha value is -1.39. The van der Waals surface area contributed by atoms with Crippen LogP contribution in [0.5, 0.6) is 0 Å². The van der Waals surface area contributed by atoms with Gasteiger partial charge in [-0.25, -0.2) is 4.98 Å². The molecule has 4 nitrogen and oxygen atoms in total. The van der Waals surface area contributed by atoms with E-state index in [1.807, 2.05) is 6.92 Å². The second kappa shape index (κ2) is 6.37. The number of rotatable bonds is 5. The lowest BCUT2D eigenvalue weighted by molar-refractivity contribution is 0.485. The molecule has 0 bridgehead atoms. The fraction of sp³-hybridized carbons (Fsp3) is 0.467. The number of nitrogens with zero attached hydrogens (tertiary/aromatic N) is 1. The zero-order valence-electron chi connectivity index (χ0n) is 12.0. The molecule has 20 heavy (non-hydrogen) atoms. The topological polar surface area (TPSA) is 57.8 Å². The maximum Gasteiger partial charge on any atom is 0.258 e. The van der Waals surface area contributed by atoms with E-state index in [1.54, 1.807) is 18.2 Å². The van der Waals surface area contributed by atoms with Gasteiger partial charge in [-0.05, 0) is 44.0 Å². The molecule has 1 atom stereocenters. The van der Waals surface area contributed by atoms with Crippen LogP contribution in [0.1, 0.15) is 39.1 Å². The van der Waals surface area contributed by atoms with Gasteiger partial charge in [0, 0.05) is 5.02 Å². The molecule has 0 spiro atoms. The van der Waals surface area contributed by atoms with Crippen LogP contribution < -0.4 is 10.9 Å². The summed E-state index contributed by atoms with van der Waals surface area (Å²) in [7, 11) is 0.